The van der Waals surface area contributed by atoms with Gasteiger partial charge in [0.2, 0.25) is 0 Å². The minimum absolute atomic E-state index is 0.0442. The molecule has 4 bridgehead atoms. The van der Waals surface area contributed by atoms with Crippen LogP contribution in [0.3, 0.4) is 0 Å². The predicted octanol–water partition coefficient (Wildman–Crippen LogP) is 2.52. The van der Waals surface area contributed by atoms with E-state index in [1.165, 1.54) is 0 Å². The van der Waals surface area contributed by atoms with Crippen molar-refractivity contribution in [1.29, 1.82) is 5.26 Å². The Hall–Kier alpha value is -2.33. The number of carbonyl (C=O) groups excluding carboxylic acids is 1. The molecule has 6 rings (SSSR count). The summed E-state index contributed by atoms with van der Waals surface area (Å²) in [6.07, 6.45) is 6.82. The molecule has 4 saturated carbocycles. The van der Waals surface area contributed by atoms with E-state index in [4.69, 9.17) is 4.74 Å². The highest BCUT2D eigenvalue weighted by molar-refractivity contribution is 5.68. The summed E-state index contributed by atoms with van der Waals surface area (Å²) in [6.45, 7) is 1.19. The summed E-state index contributed by atoms with van der Waals surface area (Å²) in [5.74, 6) is 1.79. The summed E-state index contributed by atoms with van der Waals surface area (Å²) in [7, 11) is 0. The van der Waals surface area contributed by atoms with Gasteiger partial charge in [-0.2, -0.15) is 5.26 Å². The molecule has 1 aliphatic heterocycles. The van der Waals surface area contributed by atoms with Crippen molar-refractivity contribution in [1.82, 2.24) is 9.88 Å². The molecule has 2 N–H and O–H groups in total. The summed E-state index contributed by atoms with van der Waals surface area (Å²) in [6, 6.07) is 5.68. The van der Waals surface area contributed by atoms with Gasteiger partial charge in [0.15, 0.2) is 0 Å². The molecule has 5 fully saturated rings. The third-order valence-electron chi connectivity index (χ3n) is 7.11. The van der Waals surface area contributed by atoms with Gasteiger partial charge in [-0.15, -0.1) is 0 Å². The third kappa shape index (κ3) is 3.10. The fourth-order valence-electron chi connectivity index (χ4n) is 6.17. The summed E-state index contributed by atoms with van der Waals surface area (Å²) in [5, 5.41) is 23.2. The molecule has 0 aromatic carbocycles. The van der Waals surface area contributed by atoms with Crippen LogP contribution in [0.25, 0.3) is 0 Å². The van der Waals surface area contributed by atoms with E-state index < -0.39 is 5.60 Å². The highest BCUT2D eigenvalue weighted by Crippen LogP contribution is 2.56. The van der Waals surface area contributed by atoms with Crippen LogP contribution >= 0.6 is 0 Å². The number of carbonyl (C=O) groups is 1. The monoisotopic (exact) mass is 382 g/mol. The highest BCUT2D eigenvalue weighted by atomic mass is 16.6. The molecule has 148 valence electrons. The Morgan fingerprint density at radius 1 is 1.36 bits per heavy atom. The van der Waals surface area contributed by atoms with Gasteiger partial charge in [0.1, 0.15) is 18.0 Å². The molecule has 1 amide bonds. The topological polar surface area (TPSA) is 98.5 Å². The number of pyridine rings is 1. The second-order valence-corrected chi connectivity index (χ2v) is 9.13. The van der Waals surface area contributed by atoms with Crippen molar-refractivity contribution >= 4 is 11.9 Å². The number of ether oxygens (including phenoxy) is 1. The number of anilines is 1. The van der Waals surface area contributed by atoms with Crippen LogP contribution in [0.1, 0.15) is 44.1 Å². The zero-order valence-corrected chi connectivity index (χ0v) is 15.9. The van der Waals surface area contributed by atoms with E-state index in [2.05, 4.69) is 16.4 Å². The Morgan fingerprint density at radius 2 is 2.14 bits per heavy atom. The fraction of sp³-hybridized carbons (Fsp3) is 0.667. The van der Waals surface area contributed by atoms with Crippen molar-refractivity contribution in [2.75, 3.05) is 18.4 Å². The quantitative estimate of drug-likeness (QED) is 0.833. The number of amides is 1. The van der Waals surface area contributed by atoms with Gasteiger partial charge in [0.25, 0.3) is 0 Å². The molecule has 4 aliphatic carbocycles. The van der Waals surface area contributed by atoms with Gasteiger partial charge in [0, 0.05) is 25.3 Å². The van der Waals surface area contributed by atoms with E-state index in [1.54, 1.807) is 23.2 Å². The lowest BCUT2D eigenvalue weighted by Gasteiger charge is -2.57. The van der Waals surface area contributed by atoms with Crippen LogP contribution in [0, 0.1) is 29.1 Å². The van der Waals surface area contributed by atoms with Crippen molar-refractivity contribution < 1.29 is 14.6 Å². The second-order valence-electron chi connectivity index (χ2n) is 9.13. The molecule has 1 aromatic rings. The summed E-state index contributed by atoms with van der Waals surface area (Å²) >= 11 is 0. The molecule has 0 spiro atoms. The lowest BCUT2D eigenvalue weighted by molar-refractivity contribution is -0.177. The number of nitriles is 1. The molecule has 28 heavy (non-hydrogen) atoms. The standard InChI is InChI=1S/C21H26N4O3/c22-11-14-2-1-4-23-19(14)24-17-3-5-25(12-17)20(26)28-18-15-6-13-7-16(18)10-21(27,8-13)9-15/h1-2,4,13,15-18,27H,3,5-10,12H2,(H,23,24)/t13?,15?,16?,17-,18?,21?/m1/s1. The molecular formula is C21H26N4O3. The minimum atomic E-state index is -0.511. The maximum Gasteiger partial charge on any atom is 0.410 e. The Kier molecular flexibility index (Phi) is 4.20. The number of rotatable bonds is 3. The Morgan fingerprint density at radius 3 is 2.86 bits per heavy atom. The first-order valence-electron chi connectivity index (χ1n) is 10.3. The average Bonchev–Trinajstić information content (AvgIpc) is 3.12. The van der Waals surface area contributed by atoms with Gasteiger partial charge < -0.3 is 20.1 Å². The minimum Gasteiger partial charge on any atom is -0.446 e. The van der Waals surface area contributed by atoms with Gasteiger partial charge in [-0.3, -0.25) is 0 Å². The van der Waals surface area contributed by atoms with E-state index in [0.717, 1.165) is 38.5 Å². The molecule has 7 heteroatoms. The van der Waals surface area contributed by atoms with E-state index in [1.807, 2.05) is 0 Å². The first-order valence-corrected chi connectivity index (χ1v) is 10.3. The van der Waals surface area contributed by atoms with E-state index in [0.29, 0.717) is 42.2 Å². The average molecular weight is 382 g/mol. The maximum atomic E-state index is 12.8. The Labute approximate surface area is 164 Å². The lowest BCUT2D eigenvalue weighted by Crippen LogP contribution is -2.58. The number of aromatic nitrogens is 1. The van der Waals surface area contributed by atoms with Crippen LogP contribution in [0.5, 0.6) is 0 Å². The molecule has 3 atom stereocenters. The third-order valence-corrected chi connectivity index (χ3v) is 7.11. The van der Waals surface area contributed by atoms with Crippen molar-refractivity contribution in [3.8, 4) is 6.07 Å². The summed E-state index contributed by atoms with van der Waals surface area (Å²) < 4.78 is 5.98. The van der Waals surface area contributed by atoms with E-state index >= 15 is 0 Å². The summed E-state index contributed by atoms with van der Waals surface area (Å²) in [4.78, 5) is 18.8. The molecule has 2 heterocycles. The second kappa shape index (κ2) is 6.63. The zero-order valence-electron chi connectivity index (χ0n) is 15.9. The summed E-state index contributed by atoms with van der Waals surface area (Å²) in [5.41, 5.74) is -0.00140. The van der Waals surface area contributed by atoms with Crippen LogP contribution in [-0.2, 0) is 4.74 Å². The molecule has 7 nitrogen and oxygen atoms in total. The number of likely N-dealkylation sites (tertiary alicyclic amines) is 1. The van der Waals surface area contributed by atoms with Crippen LogP contribution in [0.4, 0.5) is 10.6 Å². The van der Waals surface area contributed by atoms with Crippen molar-refractivity contribution in [3.63, 3.8) is 0 Å². The van der Waals surface area contributed by atoms with Crippen LogP contribution in [0.15, 0.2) is 18.3 Å². The molecule has 1 saturated heterocycles. The van der Waals surface area contributed by atoms with Gasteiger partial charge in [-0.1, -0.05) is 0 Å². The first-order chi connectivity index (χ1) is 13.5. The van der Waals surface area contributed by atoms with Crippen molar-refractivity contribution in [2.45, 2.75) is 56.3 Å². The number of nitrogens with zero attached hydrogens (tertiary/aromatic N) is 3. The van der Waals surface area contributed by atoms with Crippen LogP contribution in [0.2, 0.25) is 0 Å². The fourth-order valence-corrected chi connectivity index (χ4v) is 6.17. The van der Waals surface area contributed by atoms with Crippen LogP contribution < -0.4 is 5.32 Å². The van der Waals surface area contributed by atoms with Crippen molar-refractivity contribution in [3.05, 3.63) is 23.9 Å². The van der Waals surface area contributed by atoms with E-state index in [9.17, 15) is 15.2 Å². The molecule has 0 radical (unpaired) electrons. The van der Waals surface area contributed by atoms with Crippen LogP contribution in [-0.4, -0.2) is 51.9 Å². The van der Waals surface area contributed by atoms with Crippen molar-refractivity contribution in [2.24, 2.45) is 17.8 Å². The number of aliphatic hydroxyl groups is 1. The SMILES string of the molecule is N#Cc1cccnc1N[C@@H]1CCN(C(=O)OC2C3CC4CC2CC(O)(C4)C3)C1. The predicted molar refractivity (Wildman–Crippen MR) is 101 cm³/mol. The van der Waals surface area contributed by atoms with Gasteiger partial charge in [-0.25, -0.2) is 9.78 Å². The molecule has 2 unspecified atom stereocenters. The first kappa shape index (κ1) is 17.7. The normalized spacial score (nSPS) is 38.3. The zero-order chi connectivity index (χ0) is 19.3. The van der Waals surface area contributed by atoms with Gasteiger partial charge >= 0.3 is 6.09 Å². The number of hydrogen-bond donors (Lipinski definition) is 2. The smallest absolute Gasteiger partial charge is 0.410 e. The molecule has 1 aromatic heterocycles. The molecular weight excluding hydrogens is 356 g/mol. The Bertz CT molecular complexity index is 806. The van der Waals surface area contributed by atoms with Gasteiger partial charge in [0.05, 0.1) is 11.2 Å². The highest BCUT2D eigenvalue weighted by Gasteiger charge is 2.56. The Balaban J connectivity index is 1.19. The molecule has 5 aliphatic rings. The number of hydrogen-bond acceptors (Lipinski definition) is 6. The maximum absolute atomic E-state index is 12.8. The number of nitrogens with one attached hydrogen (secondary N) is 1. The van der Waals surface area contributed by atoms with E-state index in [-0.39, 0.29) is 18.2 Å². The largest absolute Gasteiger partial charge is 0.446 e. The lowest BCUT2D eigenvalue weighted by atomic mass is 9.53. The van der Waals surface area contributed by atoms with Gasteiger partial charge in [-0.05, 0) is 68.4 Å².